The van der Waals surface area contributed by atoms with Crippen LogP contribution in [-0.2, 0) is 0 Å². The van der Waals surface area contributed by atoms with Gasteiger partial charge in [-0.25, -0.2) is 4.79 Å². The first kappa shape index (κ1) is 16.6. The van der Waals surface area contributed by atoms with Crippen molar-refractivity contribution >= 4 is 11.7 Å². The molecule has 1 fully saturated rings. The Kier molecular flexibility index (Phi) is 6.07. The number of amides is 2. The van der Waals surface area contributed by atoms with E-state index in [4.69, 9.17) is 4.74 Å². The summed E-state index contributed by atoms with van der Waals surface area (Å²) in [7, 11) is 1.62. The summed E-state index contributed by atoms with van der Waals surface area (Å²) < 4.78 is 5.10. The third-order valence-electron chi connectivity index (χ3n) is 4.00. The maximum Gasteiger partial charge on any atom is 0.319 e. The van der Waals surface area contributed by atoms with Gasteiger partial charge in [0.15, 0.2) is 0 Å². The second-order valence-corrected chi connectivity index (χ2v) is 6.23. The normalized spacial score (nSPS) is 20.2. The van der Waals surface area contributed by atoms with E-state index in [-0.39, 0.29) is 12.1 Å². The molecular formula is C17H27N3O2. The number of ether oxygens (including phenoxy) is 1. The van der Waals surface area contributed by atoms with E-state index in [1.165, 1.54) is 12.8 Å². The van der Waals surface area contributed by atoms with Gasteiger partial charge in [0.1, 0.15) is 5.75 Å². The molecule has 0 aromatic heterocycles. The van der Waals surface area contributed by atoms with Gasteiger partial charge in [-0.1, -0.05) is 6.92 Å². The van der Waals surface area contributed by atoms with Gasteiger partial charge in [0.05, 0.1) is 7.11 Å². The summed E-state index contributed by atoms with van der Waals surface area (Å²) in [4.78, 5) is 14.4. The molecule has 1 saturated heterocycles. The zero-order valence-electron chi connectivity index (χ0n) is 13.8. The second-order valence-electron chi connectivity index (χ2n) is 6.23. The van der Waals surface area contributed by atoms with Crippen molar-refractivity contribution in [2.24, 2.45) is 5.92 Å². The monoisotopic (exact) mass is 305 g/mol. The molecule has 1 aromatic rings. The summed E-state index contributed by atoms with van der Waals surface area (Å²) >= 11 is 0. The number of nitrogens with one attached hydrogen (secondary N) is 2. The molecule has 2 atom stereocenters. The number of hydrogen-bond acceptors (Lipinski definition) is 3. The molecule has 2 amide bonds. The molecule has 2 N–H and O–H groups in total. The minimum absolute atomic E-state index is 0.128. The number of anilines is 1. The van der Waals surface area contributed by atoms with Crippen LogP contribution in [0.2, 0.25) is 0 Å². The molecule has 0 saturated carbocycles. The molecule has 0 aliphatic carbocycles. The minimum atomic E-state index is -0.164. The number of urea groups is 1. The van der Waals surface area contributed by atoms with E-state index in [9.17, 15) is 4.79 Å². The Balaban J connectivity index is 1.75. The number of piperidine rings is 1. The van der Waals surface area contributed by atoms with E-state index in [0.29, 0.717) is 0 Å². The van der Waals surface area contributed by atoms with Gasteiger partial charge in [-0.15, -0.1) is 0 Å². The van der Waals surface area contributed by atoms with Crippen LogP contribution in [0.4, 0.5) is 10.5 Å². The number of rotatable bonds is 5. The van der Waals surface area contributed by atoms with Gasteiger partial charge in [-0.3, -0.25) is 0 Å². The molecule has 1 aromatic carbocycles. The van der Waals surface area contributed by atoms with Crippen molar-refractivity contribution in [3.05, 3.63) is 24.3 Å². The lowest BCUT2D eigenvalue weighted by atomic mass is 10.00. The molecular weight excluding hydrogens is 278 g/mol. The zero-order chi connectivity index (χ0) is 15.9. The Bertz CT molecular complexity index is 475. The van der Waals surface area contributed by atoms with Crippen molar-refractivity contribution in [2.45, 2.75) is 32.7 Å². The summed E-state index contributed by atoms with van der Waals surface area (Å²) in [5.74, 6) is 1.53. The number of hydrogen-bond donors (Lipinski definition) is 2. The lowest BCUT2D eigenvalue weighted by Crippen LogP contribution is -2.46. The van der Waals surface area contributed by atoms with E-state index >= 15 is 0 Å². The maximum atomic E-state index is 12.0. The fourth-order valence-electron chi connectivity index (χ4n) is 2.95. The number of methoxy groups -OCH3 is 1. The Labute approximate surface area is 133 Å². The van der Waals surface area contributed by atoms with Crippen LogP contribution in [0.5, 0.6) is 5.75 Å². The quantitative estimate of drug-likeness (QED) is 0.879. The van der Waals surface area contributed by atoms with E-state index in [1.807, 2.05) is 31.2 Å². The Morgan fingerprint density at radius 1 is 1.41 bits per heavy atom. The molecule has 0 radical (unpaired) electrons. The van der Waals surface area contributed by atoms with Crippen LogP contribution in [0.25, 0.3) is 0 Å². The van der Waals surface area contributed by atoms with Crippen LogP contribution >= 0.6 is 0 Å². The first-order valence-corrected chi connectivity index (χ1v) is 8.00. The van der Waals surface area contributed by atoms with Gasteiger partial charge < -0.3 is 20.3 Å². The first-order valence-electron chi connectivity index (χ1n) is 8.00. The molecule has 1 aliphatic heterocycles. The van der Waals surface area contributed by atoms with Crippen molar-refractivity contribution < 1.29 is 9.53 Å². The van der Waals surface area contributed by atoms with Crippen LogP contribution < -0.4 is 15.4 Å². The molecule has 0 unspecified atom stereocenters. The maximum absolute atomic E-state index is 12.0. The molecule has 1 aliphatic rings. The first-order chi connectivity index (χ1) is 10.6. The largest absolute Gasteiger partial charge is 0.497 e. The molecule has 5 heteroatoms. The lowest BCUT2D eigenvalue weighted by Gasteiger charge is -2.32. The van der Waals surface area contributed by atoms with Gasteiger partial charge >= 0.3 is 6.03 Å². The minimum Gasteiger partial charge on any atom is -0.497 e. The standard InChI is InChI=1S/C17H27N3O2/c1-13-5-4-10-20(11-13)12-14(2)18-17(21)19-15-6-8-16(22-3)9-7-15/h6-9,13-14H,4-5,10-12H2,1-3H3,(H2,18,19,21)/t13-,14-/m0/s1. The number of carbonyl (C=O) groups excluding carboxylic acids is 1. The molecule has 1 heterocycles. The van der Waals surface area contributed by atoms with E-state index in [1.54, 1.807) is 7.11 Å². The van der Waals surface area contributed by atoms with Crippen molar-refractivity contribution in [3.63, 3.8) is 0 Å². The molecule has 5 nitrogen and oxygen atoms in total. The lowest BCUT2D eigenvalue weighted by molar-refractivity contribution is 0.170. The molecule has 122 valence electrons. The van der Waals surface area contributed by atoms with E-state index in [2.05, 4.69) is 22.5 Å². The van der Waals surface area contributed by atoms with E-state index in [0.717, 1.165) is 37.0 Å². The summed E-state index contributed by atoms with van der Waals surface area (Å²) in [6.45, 7) is 7.51. The predicted molar refractivity (Wildman–Crippen MR) is 89.4 cm³/mol. The summed E-state index contributed by atoms with van der Waals surface area (Å²) in [6.07, 6.45) is 2.57. The number of likely N-dealkylation sites (tertiary alicyclic amines) is 1. The number of benzene rings is 1. The average molecular weight is 305 g/mol. The third-order valence-corrected chi connectivity index (χ3v) is 4.00. The average Bonchev–Trinajstić information content (AvgIpc) is 2.47. The highest BCUT2D eigenvalue weighted by Gasteiger charge is 2.18. The van der Waals surface area contributed by atoms with Crippen LogP contribution in [0.15, 0.2) is 24.3 Å². The molecule has 0 spiro atoms. The van der Waals surface area contributed by atoms with E-state index < -0.39 is 0 Å². The van der Waals surface area contributed by atoms with Crippen molar-refractivity contribution in [3.8, 4) is 5.75 Å². The smallest absolute Gasteiger partial charge is 0.319 e. The summed E-state index contributed by atoms with van der Waals surface area (Å²) in [5, 5.41) is 5.84. The van der Waals surface area contributed by atoms with Crippen LogP contribution in [0.3, 0.4) is 0 Å². The summed E-state index contributed by atoms with van der Waals surface area (Å²) in [6, 6.07) is 7.28. The van der Waals surface area contributed by atoms with Crippen molar-refractivity contribution in [1.29, 1.82) is 0 Å². The van der Waals surface area contributed by atoms with Crippen LogP contribution in [-0.4, -0.2) is 43.7 Å². The second kappa shape index (κ2) is 8.03. The van der Waals surface area contributed by atoms with Gasteiger partial charge in [0.25, 0.3) is 0 Å². The van der Waals surface area contributed by atoms with Crippen molar-refractivity contribution in [1.82, 2.24) is 10.2 Å². The molecule has 2 rings (SSSR count). The fraction of sp³-hybridized carbons (Fsp3) is 0.588. The Morgan fingerprint density at radius 2 is 2.14 bits per heavy atom. The highest BCUT2D eigenvalue weighted by Crippen LogP contribution is 2.16. The molecule has 0 bridgehead atoms. The van der Waals surface area contributed by atoms with Gasteiger partial charge in [0.2, 0.25) is 0 Å². The van der Waals surface area contributed by atoms with Crippen LogP contribution in [0.1, 0.15) is 26.7 Å². The number of carbonyl (C=O) groups is 1. The summed E-state index contributed by atoms with van der Waals surface area (Å²) in [5.41, 5.74) is 0.761. The fourth-order valence-corrected chi connectivity index (χ4v) is 2.95. The third kappa shape index (κ3) is 5.22. The molecule has 22 heavy (non-hydrogen) atoms. The predicted octanol–water partition coefficient (Wildman–Crippen LogP) is 2.94. The zero-order valence-corrected chi connectivity index (χ0v) is 13.8. The SMILES string of the molecule is COc1ccc(NC(=O)N[C@@H](C)CN2CCC[C@H](C)C2)cc1. The Hall–Kier alpha value is -1.75. The topological polar surface area (TPSA) is 53.6 Å². The highest BCUT2D eigenvalue weighted by atomic mass is 16.5. The van der Waals surface area contributed by atoms with Gasteiger partial charge in [-0.05, 0) is 56.5 Å². The van der Waals surface area contributed by atoms with Gasteiger partial charge in [0, 0.05) is 24.8 Å². The Morgan fingerprint density at radius 3 is 2.77 bits per heavy atom. The van der Waals surface area contributed by atoms with Crippen molar-refractivity contribution in [2.75, 3.05) is 32.1 Å². The van der Waals surface area contributed by atoms with Crippen LogP contribution in [0, 0.1) is 5.92 Å². The highest BCUT2D eigenvalue weighted by molar-refractivity contribution is 5.89. The number of nitrogens with zero attached hydrogens (tertiary/aromatic N) is 1. The van der Waals surface area contributed by atoms with Gasteiger partial charge in [-0.2, -0.15) is 0 Å².